The van der Waals surface area contributed by atoms with Crippen molar-refractivity contribution in [3.8, 4) is 0 Å². The summed E-state index contributed by atoms with van der Waals surface area (Å²) in [6.07, 6.45) is 2.18. The number of carbonyl (C=O) groups is 1. The molecule has 0 spiro atoms. The maximum Gasteiger partial charge on any atom is 0.237 e. The summed E-state index contributed by atoms with van der Waals surface area (Å²) < 4.78 is 0. The lowest BCUT2D eigenvalue weighted by atomic mass is 10.1. The van der Waals surface area contributed by atoms with Gasteiger partial charge in [0.1, 0.15) is 0 Å². The SMILES string of the molecule is C=C(C)CN(CC)C(=O)CN1CCCC(N)C1. The van der Waals surface area contributed by atoms with Gasteiger partial charge in [0.05, 0.1) is 6.54 Å². The van der Waals surface area contributed by atoms with Gasteiger partial charge in [-0.3, -0.25) is 9.69 Å². The Labute approximate surface area is 104 Å². The number of likely N-dealkylation sites (N-methyl/N-ethyl adjacent to an activating group) is 1. The van der Waals surface area contributed by atoms with Crippen molar-refractivity contribution >= 4 is 5.91 Å². The summed E-state index contributed by atoms with van der Waals surface area (Å²) in [5.74, 6) is 0.185. The molecule has 1 heterocycles. The van der Waals surface area contributed by atoms with E-state index >= 15 is 0 Å². The van der Waals surface area contributed by atoms with Crippen molar-refractivity contribution < 1.29 is 4.79 Å². The molecule has 0 aromatic carbocycles. The normalized spacial score (nSPS) is 21.2. The minimum atomic E-state index is 0.185. The highest BCUT2D eigenvalue weighted by atomic mass is 16.2. The fourth-order valence-electron chi connectivity index (χ4n) is 2.23. The van der Waals surface area contributed by atoms with Gasteiger partial charge in [0.2, 0.25) is 5.91 Å². The highest BCUT2D eigenvalue weighted by Gasteiger charge is 2.21. The van der Waals surface area contributed by atoms with E-state index in [1.54, 1.807) is 0 Å². The van der Waals surface area contributed by atoms with Gasteiger partial charge in [0.15, 0.2) is 0 Å². The van der Waals surface area contributed by atoms with Crippen LogP contribution in [0.3, 0.4) is 0 Å². The molecule has 0 aromatic heterocycles. The predicted molar refractivity (Wildman–Crippen MR) is 70.7 cm³/mol. The summed E-state index contributed by atoms with van der Waals surface area (Å²) in [6.45, 7) is 11.5. The third-order valence-corrected chi connectivity index (χ3v) is 3.10. The summed E-state index contributed by atoms with van der Waals surface area (Å²) in [7, 11) is 0. The molecule has 0 saturated carbocycles. The fraction of sp³-hybridized carbons (Fsp3) is 0.769. The molecule has 1 fully saturated rings. The molecule has 1 unspecified atom stereocenters. The largest absolute Gasteiger partial charge is 0.338 e. The number of rotatable bonds is 5. The molecule has 1 saturated heterocycles. The average Bonchev–Trinajstić information content (AvgIpc) is 2.25. The summed E-state index contributed by atoms with van der Waals surface area (Å²) in [5.41, 5.74) is 6.93. The van der Waals surface area contributed by atoms with E-state index in [-0.39, 0.29) is 11.9 Å². The zero-order chi connectivity index (χ0) is 12.8. The molecule has 0 bridgehead atoms. The highest BCUT2D eigenvalue weighted by Crippen LogP contribution is 2.08. The van der Waals surface area contributed by atoms with Gasteiger partial charge < -0.3 is 10.6 Å². The van der Waals surface area contributed by atoms with Gasteiger partial charge >= 0.3 is 0 Å². The van der Waals surface area contributed by atoms with Crippen molar-refractivity contribution in [2.45, 2.75) is 32.7 Å². The average molecular weight is 239 g/mol. The van der Waals surface area contributed by atoms with E-state index in [4.69, 9.17) is 5.73 Å². The maximum atomic E-state index is 12.1. The first kappa shape index (κ1) is 14.2. The van der Waals surface area contributed by atoms with Gasteiger partial charge in [-0.2, -0.15) is 0 Å². The van der Waals surface area contributed by atoms with Crippen LogP contribution in [0.2, 0.25) is 0 Å². The van der Waals surface area contributed by atoms with E-state index in [0.717, 1.165) is 38.0 Å². The molecule has 1 atom stereocenters. The summed E-state index contributed by atoms with van der Waals surface area (Å²) >= 11 is 0. The Morgan fingerprint density at radius 3 is 2.82 bits per heavy atom. The number of amides is 1. The topological polar surface area (TPSA) is 49.6 Å². The molecular formula is C13H25N3O. The van der Waals surface area contributed by atoms with Gasteiger partial charge in [0.25, 0.3) is 0 Å². The Bertz CT molecular complexity index is 278. The van der Waals surface area contributed by atoms with Crippen LogP contribution in [0.25, 0.3) is 0 Å². The number of hydrogen-bond donors (Lipinski definition) is 1. The summed E-state index contributed by atoms with van der Waals surface area (Å²) in [5, 5.41) is 0. The molecule has 1 aliphatic rings. The molecule has 4 nitrogen and oxygen atoms in total. The number of likely N-dealkylation sites (tertiary alicyclic amines) is 1. The summed E-state index contributed by atoms with van der Waals surface area (Å²) in [6, 6.07) is 0.229. The Morgan fingerprint density at radius 1 is 1.59 bits per heavy atom. The molecule has 1 aliphatic heterocycles. The number of piperidine rings is 1. The van der Waals surface area contributed by atoms with Crippen molar-refractivity contribution in [1.82, 2.24) is 9.80 Å². The molecule has 4 heteroatoms. The van der Waals surface area contributed by atoms with Gasteiger partial charge in [0, 0.05) is 25.7 Å². The second-order valence-corrected chi connectivity index (χ2v) is 5.00. The van der Waals surface area contributed by atoms with Crippen LogP contribution in [0.4, 0.5) is 0 Å². The van der Waals surface area contributed by atoms with Crippen LogP contribution < -0.4 is 5.73 Å². The van der Waals surface area contributed by atoms with Crippen LogP contribution in [0.1, 0.15) is 26.7 Å². The minimum Gasteiger partial charge on any atom is -0.338 e. The van der Waals surface area contributed by atoms with E-state index in [1.807, 2.05) is 18.7 Å². The summed E-state index contributed by atoms with van der Waals surface area (Å²) in [4.78, 5) is 16.1. The number of nitrogens with zero attached hydrogens (tertiary/aromatic N) is 2. The maximum absolute atomic E-state index is 12.1. The number of hydrogen-bond acceptors (Lipinski definition) is 3. The monoisotopic (exact) mass is 239 g/mol. The first-order valence-electron chi connectivity index (χ1n) is 6.43. The molecule has 0 aromatic rings. The Balaban J connectivity index is 2.43. The van der Waals surface area contributed by atoms with Crippen molar-refractivity contribution in [2.24, 2.45) is 5.73 Å². The Hall–Kier alpha value is -0.870. The van der Waals surface area contributed by atoms with Crippen molar-refractivity contribution in [3.63, 3.8) is 0 Å². The van der Waals surface area contributed by atoms with E-state index in [1.165, 1.54) is 0 Å². The smallest absolute Gasteiger partial charge is 0.237 e. The minimum absolute atomic E-state index is 0.185. The molecule has 0 aliphatic carbocycles. The molecular weight excluding hydrogens is 214 g/mol. The second-order valence-electron chi connectivity index (χ2n) is 5.00. The highest BCUT2D eigenvalue weighted by molar-refractivity contribution is 5.78. The molecule has 1 rings (SSSR count). The fourth-order valence-corrected chi connectivity index (χ4v) is 2.23. The lowest BCUT2D eigenvalue weighted by Crippen LogP contribution is -2.48. The zero-order valence-corrected chi connectivity index (χ0v) is 11.1. The van der Waals surface area contributed by atoms with E-state index in [0.29, 0.717) is 13.1 Å². The third kappa shape index (κ3) is 4.88. The second kappa shape index (κ2) is 6.77. The Morgan fingerprint density at radius 2 is 2.29 bits per heavy atom. The molecule has 2 N–H and O–H groups in total. The van der Waals surface area contributed by atoms with Crippen LogP contribution in [-0.2, 0) is 4.79 Å². The first-order chi connectivity index (χ1) is 8.02. The van der Waals surface area contributed by atoms with Gasteiger partial charge in [-0.1, -0.05) is 12.2 Å². The van der Waals surface area contributed by atoms with Gasteiger partial charge in [-0.25, -0.2) is 0 Å². The number of carbonyl (C=O) groups excluding carboxylic acids is 1. The number of nitrogens with two attached hydrogens (primary N) is 1. The van der Waals surface area contributed by atoms with Gasteiger partial charge in [-0.15, -0.1) is 0 Å². The van der Waals surface area contributed by atoms with Crippen LogP contribution in [0.5, 0.6) is 0 Å². The molecule has 98 valence electrons. The quantitative estimate of drug-likeness (QED) is 0.723. The van der Waals surface area contributed by atoms with E-state index in [9.17, 15) is 4.79 Å². The van der Waals surface area contributed by atoms with Crippen molar-refractivity contribution in [2.75, 3.05) is 32.7 Å². The molecule has 1 amide bonds. The van der Waals surface area contributed by atoms with Crippen LogP contribution in [0.15, 0.2) is 12.2 Å². The van der Waals surface area contributed by atoms with Crippen LogP contribution in [0, 0.1) is 0 Å². The third-order valence-electron chi connectivity index (χ3n) is 3.10. The predicted octanol–water partition coefficient (Wildman–Crippen LogP) is 0.834. The van der Waals surface area contributed by atoms with Crippen LogP contribution in [-0.4, -0.2) is 54.5 Å². The molecule has 0 radical (unpaired) electrons. The van der Waals surface area contributed by atoms with Crippen LogP contribution >= 0.6 is 0 Å². The van der Waals surface area contributed by atoms with Gasteiger partial charge in [-0.05, 0) is 33.2 Å². The standard InChI is InChI=1S/C13H25N3O/c1-4-16(8-11(2)3)13(17)10-15-7-5-6-12(14)9-15/h12H,2,4-10,14H2,1,3H3. The van der Waals surface area contributed by atoms with Crippen molar-refractivity contribution in [3.05, 3.63) is 12.2 Å². The first-order valence-corrected chi connectivity index (χ1v) is 6.43. The lowest BCUT2D eigenvalue weighted by Gasteiger charge is -2.32. The lowest BCUT2D eigenvalue weighted by molar-refractivity contribution is -0.132. The molecule has 17 heavy (non-hydrogen) atoms. The van der Waals surface area contributed by atoms with E-state index < -0.39 is 0 Å². The van der Waals surface area contributed by atoms with E-state index in [2.05, 4.69) is 11.5 Å². The zero-order valence-electron chi connectivity index (χ0n) is 11.1. The Kier molecular flexibility index (Phi) is 5.65. The van der Waals surface area contributed by atoms with Crippen molar-refractivity contribution in [1.29, 1.82) is 0 Å².